The largest absolute Gasteiger partial charge is 0.339 e. The van der Waals surface area contributed by atoms with Gasteiger partial charge >= 0.3 is 0 Å². The molecule has 2 rings (SSSR count). The van der Waals surface area contributed by atoms with Crippen LogP contribution in [0, 0.1) is 11.8 Å². The van der Waals surface area contributed by atoms with Gasteiger partial charge in [0.05, 0.1) is 0 Å². The van der Waals surface area contributed by atoms with Crippen molar-refractivity contribution in [3.63, 3.8) is 0 Å². The molecule has 1 amide bonds. The van der Waals surface area contributed by atoms with E-state index in [-0.39, 0.29) is 30.7 Å². The summed E-state index contributed by atoms with van der Waals surface area (Å²) in [6, 6.07) is 0.220. The SMILES string of the molecule is CC1CCC(CN)CN1C(=O)C1CCC(F)(F)CC1. The molecule has 2 fully saturated rings. The number of piperidine rings is 1. The number of carbonyl (C=O) groups is 1. The maximum Gasteiger partial charge on any atom is 0.248 e. The van der Waals surface area contributed by atoms with Crippen molar-refractivity contribution >= 4 is 5.91 Å². The first kappa shape index (κ1) is 14.7. The number of nitrogens with zero attached hydrogens (tertiary/aromatic N) is 1. The van der Waals surface area contributed by atoms with Crippen LogP contribution in [0.5, 0.6) is 0 Å². The zero-order valence-electron chi connectivity index (χ0n) is 11.6. The van der Waals surface area contributed by atoms with Crippen molar-refractivity contribution in [1.29, 1.82) is 0 Å². The van der Waals surface area contributed by atoms with Gasteiger partial charge < -0.3 is 10.6 Å². The zero-order chi connectivity index (χ0) is 14.0. The normalized spacial score (nSPS) is 32.3. The van der Waals surface area contributed by atoms with Crippen LogP contribution in [0.3, 0.4) is 0 Å². The Bertz CT molecular complexity index is 325. The summed E-state index contributed by atoms with van der Waals surface area (Å²) >= 11 is 0. The quantitative estimate of drug-likeness (QED) is 0.840. The number of hydrogen-bond donors (Lipinski definition) is 1. The van der Waals surface area contributed by atoms with Crippen molar-refractivity contribution in [3.8, 4) is 0 Å². The number of rotatable bonds is 2. The minimum Gasteiger partial charge on any atom is -0.339 e. The number of amides is 1. The fourth-order valence-electron chi connectivity index (χ4n) is 3.20. The summed E-state index contributed by atoms with van der Waals surface area (Å²) in [5.74, 6) is -2.34. The van der Waals surface area contributed by atoms with E-state index in [0.29, 0.717) is 31.8 Å². The van der Waals surface area contributed by atoms with Crippen LogP contribution in [-0.4, -0.2) is 35.9 Å². The standard InChI is InChI=1S/C14H24F2N2O/c1-10-2-3-11(8-17)9-18(10)13(19)12-4-6-14(15,16)7-5-12/h10-12H,2-9,17H2,1H3. The lowest BCUT2D eigenvalue weighted by molar-refractivity contribution is -0.144. The Kier molecular flexibility index (Phi) is 4.43. The fourth-order valence-corrected chi connectivity index (χ4v) is 3.20. The van der Waals surface area contributed by atoms with Crippen LogP contribution in [0.1, 0.15) is 45.4 Å². The van der Waals surface area contributed by atoms with Gasteiger partial charge in [0.1, 0.15) is 0 Å². The molecule has 2 aliphatic rings. The van der Waals surface area contributed by atoms with Gasteiger partial charge in [0.15, 0.2) is 0 Å². The molecule has 1 aliphatic carbocycles. The highest BCUT2D eigenvalue weighted by Gasteiger charge is 2.40. The zero-order valence-corrected chi connectivity index (χ0v) is 11.6. The van der Waals surface area contributed by atoms with Crippen molar-refractivity contribution in [2.24, 2.45) is 17.6 Å². The maximum absolute atomic E-state index is 13.1. The second-order valence-corrected chi connectivity index (χ2v) is 6.15. The minimum absolute atomic E-state index is 0.0705. The molecule has 2 unspecified atom stereocenters. The average Bonchev–Trinajstić information content (AvgIpc) is 2.38. The van der Waals surface area contributed by atoms with Gasteiger partial charge in [0.25, 0.3) is 0 Å². The van der Waals surface area contributed by atoms with E-state index in [2.05, 4.69) is 0 Å². The Balaban J connectivity index is 1.95. The van der Waals surface area contributed by atoms with Gasteiger partial charge in [-0.2, -0.15) is 0 Å². The Morgan fingerprint density at radius 2 is 1.89 bits per heavy atom. The first-order valence-electron chi connectivity index (χ1n) is 7.31. The number of halogens is 2. The molecule has 1 heterocycles. The molecule has 0 radical (unpaired) electrons. The lowest BCUT2D eigenvalue weighted by Crippen LogP contribution is -2.50. The van der Waals surface area contributed by atoms with Crippen LogP contribution < -0.4 is 5.73 Å². The Morgan fingerprint density at radius 3 is 2.47 bits per heavy atom. The van der Waals surface area contributed by atoms with Crippen molar-refractivity contribution in [2.75, 3.05) is 13.1 Å². The third-order valence-corrected chi connectivity index (χ3v) is 4.66. The molecule has 2 N–H and O–H groups in total. The van der Waals surface area contributed by atoms with Crippen molar-refractivity contribution in [1.82, 2.24) is 4.90 Å². The van der Waals surface area contributed by atoms with E-state index < -0.39 is 5.92 Å². The van der Waals surface area contributed by atoms with Gasteiger partial charge in [-0.05, 0) is 45.1 Å². The number of hydrogen-bond acceptors (Lipinski definition) is 2. The van der Waals surface area contributed by atoms with Gasteiger partial charge in [-0.3, -0.25) is 4.79 Å². The first-order chi connectivity index (χ1) is 8.93. The van der Waals surface area contributed by atoms with E-state index in [9.17, 15) is 13.6 Å². The van der Waals surface area contributed by atoms with E-state index in [0.717, 1.165) is 12.8 Å². The van der Waals surface area contributed by atoms with Crippen LogP contribution in [-0.2, 0) is 4.79 Å². The average molecular weight is 274 g/mol. The molecule has 2 atom stereocenters. The monoisotopic (exact) mass is 274 g/mol. The summed E-state index contributed by atoms with van der Waals surface area (Å²) < 4.78 is 26.3. The van der Waals surface area contributed by atoms with E-state index >= 15 is 0 Å². The lowest BCUT2D eigenvalue weighted by atomic mass is 9.84. The number of likely N-dealkylation sites (tertiary alicyclic amines) is 1. The molecule has 0 aromatic carbocycles. The lowest BCUT2D eigenvalue weighted by Gasteiger charge is -2.40. The van der Waals surface area contributed by atoms with Crippen molar-refractivity contribution < 1.29 is 13.6 Å². The molecule has 1 aliphatic heterocycles. The van der Waals surface area contributed by atoms with Crippen molar-refractivity contribution in [2.45, 2.75) is 57.4 Å². The minimum atomic E-state index is -2.57. The highest BCUT2D eigenvalue weighted by Crippen LogP contribution is 2.37. The van der Waals surface area contributed by atoms with Gasteiger partial charge in [0.2, 0.25) is 11.8 Å². The Morgan fingerprint density at radius 1 is 1.26 bits per heavy atom. The Labute approximate surface area is 113 Å². The first-order valence-corrected chi connectivity index (χ1v) is 7.31. The summed E-state index contributed by atoms with van der Waals surface area (Å²) in [4.78, 5) is 14.4. The van der Waals surface area contributed by atoms with E-state index in [1.54, 1.807) is 0 Å². The van der Waals surface area contributed by atoms with Gasteiger partial charge in [-0.1, -0.05) is 0 Å². The molecule has 0 bridgehead atoms. The highest BCUT2D eigenvalue weighted by atomic mass is 19.3. The molecule has 0 spiro atoms. The van der Waals surface area contributed by atoms with Gasteiger partial charge in [-0.25, -0.2) is 8.78 Å². The van der Waals surface area contributed by atoms with Crippen LogP contribution in [0.2, 0.25) is 0 Å². The molecule has 19 heavy (non-hydrogen) atoms. The molecule has 1 saturated carbocycles. The van der Waals surface area contributed by atoms with E-state index in [1.165, 1.54) is 0 Å². The molecule has 1 saturated heterocycles. The topological polar surface area (TPSA) is 46.3 Å². The number of carbonyl (C=O) groups excluding carboxylic acids is 1. The highest BCUT2D eigenvalue weighted by molar-refractivity contribution is 5.79. The predicted molar refractivity (Wildman–Crippen MR) is 69.9 cm³/mol. The molecular formula is C14H24F2N2O. The van der Waals surface area contributed by atoms with Crippen LogP contribution in [0.15, 0.2) is 0 Å². The summed E-state index contributed by atoms with van der Waals surface area (Å²) in [7, 11) is 0. The van der Waals surface area contributed by atoms with Crippen molar-refractivity contribution in [3.05, 3.63) is 0 Å². The number of nitrogens with two attached hydrogens (primary N) is 1. The van der Waals surface area contributed by atoms with Crippen LogP contribution >= 0.6 is 0 Å². The smallest absolute Gasteiger partial charge is 0.248 e. The molecular weight excluding hydrogens is 250 g/mol. The fraction of sp³-hybridized carbons (Fsp3) is 0.929. The maximum atomic E-state index is 13.1. The second-order valence-electron chi connectivity index (χ2n) is 6.15. The third-order valence-electron chi connectivity index (χ3n) is 4.66. The van der Waals surface area contributed by atoms with Gasteiger partial charge in [0, 0.05) is 31.3 Å². The van der Waals surface area contributed by atoms with Crippen LogP contribution in [0.4, 0.5) is 8.78 Å². The summed E-state index contributed by atoms with van der Waals surface area (Å²) in [5, 5.41) is 0. The number of alkyl halides is 2. The summed E-state index contributed by atoms with van der Waals surface area (Å²) in [6.45, 7) is 3.34. The van der Waals surface area contributed by atoms with E-state index in [1.807, 2.05) is 11.8 Å². The summed E-state index contributed by atoms with van der Waals surface area (Å²) in [6.07, 6.45) is 2.38. The molecule has 3 nitrogen and oxygen atoms in total. The second kappa shape index (κ2) is 5.73. The van der Waals surface area contributed by atoms with Crippen LogP contribution in [0.25, 0.3) is 0 Å². The third kappa shape index (κ3) is 3.44. The molecule has 5 heteroatoms. The van der Waals surface area contributed by atoms with E-state index in [4.69, 9.17) is 5.73 Å². The molecule has 0 aromatic heterocycles. The van der Waals surface area contributed by atoms with Gasteiger partial charge in [-0.15, -0.1) is 0 Å². The Hall–Kier alpha value is -0.710. The molecule has 110 valence electrons. The summed E-state index contributed by atoms with van der Waals surface area (Å²) in [5.41, 5.74) is 5.69. The predicted octanol–water partition coefficient (Wildman–Crippen LogP) is 2.40. The molecule has 0 aromatic rings.